The highest BCUT2D eigenvalue weighted by atomic mass is 32.2. The van der Waals surface area contributed by atoms with E-state index in [0.717, 1.165) is 22.7 Å². The Kier molecular flexibility index (Phi) is 6.07. The van der Waals surface area contributed by atoms with Gasteiger partial charge in [-0.3, -0.25) is 4.72 Å². The highest BCUT2D eigenvalue weighted by molar-refractivity contribution is 7.98. The number of hydrogen-bond acceptors (Lipinski definition) is 7. The third-order valence-corrected chi connectivity index (χ3v) is 7.13. The van der Waals surface area contributed by atoms with Crippen molar-refractivity contribution in [2.24, 2.45) is 7.05 Å². The maximum absolute atomic E-state index is 12.7. The minimum Gasteiger partial charge on any atom is -0.497 e. The van der Waals surface area contributed by atoms with Crippen LogP contribution in [-0.2, 0) is 22.8 Å². The lowest BCUT2D eigenvalue weighted by Crippen LogP contribution is -2.12. The number of hydrogen-bond donors (Lipinski definition) is 1. The summed E-state index contributed by atoms with van der Waals surface area (Å²) in [7, 11) is -0.253. The molecule has 0 saturated heterocycles. The molecule has 10 heteroatoms. The summed E-state index contributed by atoms with van der Waals surface area (Å²) in [5.74, 6) is 2.04. The van der Waals surface area contributed by atoms with Gasteiger partial charge in [0.15, 0.2) is 5.16 Å². The molecule has 0 amide bonds. The molecule has 2 aromatic heterocycles. The minimum absolute atomic E-state index is 0.157. The van der Waals surface area contributed by atoms with Crippen molar-refractivity contribution in [3.05, 3.63) is 65.7 Å². The third kappa shape index (κ3) is 4.71. The van der Waals surface area contributed by atoms with Crippen molar-refractivity contribution >= 4 is 38.5 Å². The molecule has 0 spiro atoms. The van der Waals surface area contributed by atoms with Gasteiger partial charge in [-0.05, 0) is 62.4 Å². The van der Waals surface area contributed by atoms with Gasteiger partial charge in [0.1, 0.15) is 11.6 Å². The Bertz CT molecular complexity index is 1360. The lowest BCUT2D eigenvalue weighted by atomic mass is 10.3. The molecule has 2 heterocycles. The molecule has 8 nitrogen and oxygen atoms in total. The van der Waals surface area contributed by atoms with E-state index < -0.39 is 10.0 Å². The van der Waals surface area contributed by atoms with Crippen molar-refractivity contribution in [1.29, 1.82) is 0 Å². The predicted octanol–water partition coefficient (Wildman–Crippen LogP) is 4.08. The summed E-state index contributed by atoms with van der Waals surface area (Å²) >= 11 is 1.52. The van der Waals surface area contributed by atoms with Crippen molar-refractivity contribution in [2.45, 2.75) is 29.7 Å². The summed E-state index contributed by atoms with van der Waals surface area (Å²) in [5.41, 5.74) is 3.93. The Labute approximate surface area is 191 Å². The maximum atomic E-state index is 12.7. The van der Waals surface area contributed by atoms with E-state index in [1.807, 2.05) is 37.6 Å². The lowest BCUT2D eigenvalue weighted by molar-refractivity contribution is 0.414. The largest absolute Gasteiger partial charge is 0.497 e. The van der Waals surface area contributed by atoms with Crippen LogP contribution in [0.1, 0.15) is 17.2 Å². The van der Waals surface area contributed by atoms with E-state index in [0.29, 0.717) is 27.9 Å². The fourth-order valence-electron chi connectivity index (χ4n) is 3.30. The fraction of sp³-hybridized carbons (Fsp3) is 0.227. The number of imidazole rings is 1. The van der Waals surface area contributed by atoms with Gasteiger partial charge in [-0.1, -0.05) is 11.8 Å². The molecular formula is C22H23N5O3S2. The highest BCUT2D eigenvalue weighted by Crippen LogP contribution is 2.26. The summed E-state index contributed by atoms with van der Waals surface area (Å²) in [4.78, 5) is 13.8. The molecule has 0 atom stereocenters. The normalized spacial score (nSPS) is 11.6. The van der Waals surface area contributed by atoms with Crippen LogP contribution in [0.2, 0.25) is 0 Å². The zero-order chi connectivity index (χ0) is 22.9. The van der Waals surface area contributed by atoms with Crippen LogP contribution >= 0.6 is 11.8 Å². The monoisotopic (exact) mass is 469 g/mol. The second-order valence-corrected chi connectivity index (χ2v) is 9.92. The molecule has 0 aliphatic rings. The Morgan fingerprint density at radius 3 is 2.34 bits per heavy atom. The average molecular weight is 470 g/mol. The second-order valence-electron chi connectivity index (χ2n) is 7.29. The first-order valence-corrected chi connectivity index (χ1v) is 12.3. The summed E-state index contributed by atoms with van der Waals surface area (Å²) in [6.45, 7) is 3.89. The number of aryl methyl sites for hydroxylation is 3. The molecule has 0 fully saturated rings. The Morgan fingerprint density at radius 1 is 1.00 bits per heavy atom. The minimum atomic E-state index is -3.73. The zero-order valence-electron chi connectivity index (χ0n) is 18.2. The van der Waals surface area contributed by atoms with E-state index in [2.05, 4.69) is 14.7 Å². The van der Waals surface area contributed by atoms with E-state index >= 15 is 0 Å². The van der Waals surface area contributed by atoms with Crippen LogP contribution in [0.15, 0.2) is 58.6 Å². The van der Waals surface area contributed by atoms with Crippen LogP contribution in [0.4, 0.5) is 5.69 Å². The molecule has 4 rings (SSSR count). The topological polar surface area (TPSA) is 99.0 Å². The van der Waals surface area contributed by atoms with Gasteiger partial charge < -0.3 is 9.30 Å². The first-order valence-electron chi connectivity index (χ1n) is 9.82. The number of thioether (sulfide) groups is 1. The van der Waals surface area contributed by atoms with E-state index in [-0.39, 0.29) is 4.90 Å². The fourth-order valence-corrected chi connectivity index (χ4v) is 5.28. The quantitative estimate of drug-likeness (QED) is 0.322. The molecule has 0 saturated carbocycles. The van der Waals surface area contributed by atoms with Gasteiger partial charge in [0.2, 0.25) is 0 Å². The Hall–Kier alpha value is -3.11. The summed E-state index contributed by atoms with van der Waals surface area (Å²) in [6.07, 6.45) is 0. The molecule has 32 heavy (non-hydrogen) atoms. The average Bonchev–Trinajstić information content (AvgIpc) is 3.06. The Balaban J connectivity index is 1.55. The van der Waals surface area contributed by atoms with Crippen molar-refractivity contribution in [2.75, 3.05) is 11.8 Å². The van der Waals surface area contributed by atoms with Gasteiger partial charge >= 0.3 is 0 Å². The Morgan fingerprint density at radius 2 is 1.69 bits per heavy atom. The first kappa shape index (κ1) is 22.1. The molecule has 0 unspecified atom stereocenters. The number of nitrogens with one attached hydrogen (secondary N) is 1. The van der Waals surface area contributed by atoms with E-state index in [9.17, 15) is 8.42 Å². The van der Waals surface area contributed by atoms with Gasteiger partial charge in [-0.25, -0.2) is 23.4 Å². The molecule has 0 radical (unpaired) electrons. The van der Waals surface area contributed by atoms with Crippen LogP contribution in [0, 0.1) is 13.8 Å². The smallest absolute Gasteiger partial charge is 0.261 e. The second kappa shape index (κ2) is 8.79. The van der Waals surface area contributed by atoms with E-state index in [1.165, 1.54) is 31.0 Å². The van der Waals surface area contributed by atoms with Crippen molar-refractivity contribution in [3.8, 4) is 5.75 Å². The number of ether oxygens (including phenoxy) is 1. The van der Waals surface area contributed by atoms with E-state index in [1.54, 1.807) is 24.3 Å². The van der Waals surface area contributed by atoms with Crippen LogP contribution < -0.4 is 9.46 Å². The summed E-state index contributed by atoms with van der Waals surface area (Å²) in [5, 5.41) is 0.711. The number of benzene rings is 2. The van der Waals surface area contributed by atoms with Gasteiger partial charge in [0.25, 0.3) is 10.0 Å². The van der Waals surface area contributed by atoms with Crippen LogP contribution in [0.5, 0.6) is 5.75 Å². The third-order valence-electron chi connectivity index (χ3n) is 4.89. The standard InChI is InChI=1S/C22H23N5O3S2/c1-14-11-15(2)24-22(23-14)31-13-21-25-19-12-16(5-10-20(19)27(21)3)26-32(28,29)18-8-6-17(30-4)7-9-18/h5-12,26H,13H2,1-4H3. The van der Waals surface area contributed by atoms with Crippen molar-refractivity contribution < 1.29 is 13.2 Å². The van der Waals surface area contributed by atoms with Crippen LogP contribution in [0.3, 0.4) is 0 Å². The predicted molar refractivity (Wildman–Crippen MR) is 126 cm³/mol. The van der Waals surface area contributed by atoms with Crippen molar-refractivity contribution in [3.63, 3.8) is 0 Å². The van der Waals surface area contributed by atoms with Gasteiger partial charge in [0.05, 0.1) is 34.5 Å². The molecule has 4 aromatic rings. The van der Waals surface area contributed by atoms with Crippen molar-refractivity contribution in [1.82, 2.24) is 19.5 Å². The van der Waals surface area contributed by atoms with E-state index in [4.69, 9.17) is 9.72 Å². The zero-order valence-corrected chi connectivity index (χ0v) is 19.8. The maximum Gasteiger partial charge on any atom is 0.261 e. The number of nitrogens with zero attached hydrogens (tertiary/aromatic N) is 4. The molecule has 166 valence electrons. The number of sulfonamides is 1. The molecule has 0 aliphatic carbocycles. The number of fused-ring (bicyclic) bond motifs is 1. The summed E-state index contributed by atoms with van der Waals surface area (Å²) in [6, 6.07) is 13.5. The van der Waals surface area contributed by atoms with Crippen LogP contribution in [0.25, 0.3) is 11.0 Å². The van der Waals surface area contributed by atoms with Crippen LogP contribution in [-0.4, -0.2) is 35.0 Å². The van der Waals surface area contributed by atoms with Gasteiger partial charge in [-0.2, -0.15) is 0 Å². The molecular weight excluding hydrogens is 446 g/mol. The van der Waals surface area contributed by atoms with Gasteiger partial charge in [-0.15, -0.1) is 0 Å². The highest BCUT2D eigenvalue weighted by Gasteiger charge is 2.16. The molecule has 1 N–H and O–H groups in total. The molecule has 2 aromatic carbocycles. The molecule has 0 aliphatic heterocycles. The summed E-state index contributed by atoms with van der Waals surface area (Å²) < 4.78 is 35.2. The number of aromatic nitrogens is 4. The number of methoxy groups -OCH3 is 1. The lowest BCUT2D eigenvalue weighted by Gasteiger charge is -2.09. The SMILES string of the molecule is COc1ccc(S(=O)(=O)Nc2ccc3c(c2)nc(CSc2nc(C)cc(C)n2)n3C)cc1. The first-order chi connectivity index (χ1) is 15.2. The molecule has 0 bridgehead atoms. The number of rotatable bonds is 7. The van der Waals surface area contributed by atoms with Gasteiger partial charge in [0, 0.05) is 18.4 Å². The number of anilines is 1.